The van der Waals surface area contributed by atoms with Gasteiger partial charge >= 0.3 is 0 Å². The second-order valence-corrected chi connectivity index (χ2v) is 5.69. The summed E-state index contributed by atoms with van der Waals surface area (Å²) in [5, 5.41) is 14.8. The van der Waals surface area contributed by atoms with Crippen LogP contribution in [0.4, 0.5) is 0 Å². The highest BCUT2D eigenvalue weighted by Crippen LogP contribution is 2.18. The zero-order valence-electron chi connectivity index (χ0n) is 12.6. The third kappa shape index (κ3) is 4.85. The lowest BCUT2D eigenvalue weighted by molar-refractivity contribution is -0.122. The van der Waals surface area contributed by atoms with Gasteiger partial charge in [0.1, 0.15) is 6.07 Å². The third-order valence-electron chi connectivity index (χ3n) is 3.79. The van der Waals surface area contributed by atoms with Crippen LogP contribution >= 0.6 is 0 Å². The van der Waals surface area contributed by atoms with Crippen molar-refractivity contribution in [2.45, 2.75) is 51.1 Å². The van der Waals surface area contributed by atoms with Gasteiger partial charge in [-0.1, -0.05) is 0 Å². The Morgan fingerprint density at radius 1 is 1.23 bits per heavy atom. The lowest BCUT2D eigenvalue weighted by Gasteiger charge is -2.29. The number of nitrogens with zero attached hydrogens (tertiary/aromatic N) is 2. The zero-order chi connectivity index (χ0) is 15.9. The fourth-order valence-corrected chi connectivity index (χ4v) is 2.78. The molecular weight excluding hydrogens is 280 g/mol. The number of rotatable bonds is 4. The maximum atomic E-state index is 12.0. The molecule has 0 spiro atoms. The standard InChI is InChI=1S/C16H20N4O2/c1-11(21)19-14-2-4-15(5-3-14)20-16(22)7-12-6-13(8-17)10-18-9-12/h6,9-10,14-15H,2-5,7H2,1H3,(H,19,21)(H,20,22). The second kappa shape index (κ2) is 7.55. The lowest BCUT2D eigenvalue weighted by Crippen LogP contribution is -2.43. The van der Waals surface area contributed by atoms with Crippen LogP contribution in [0.1, 0.15) is 43.7 Å². The van der Waals surface area contributed by atoms with Gasteiger partial charge in [0.2, 0.25) is 11.8 Å². The molecule has 1 heterocycles. The first kappa shape index (κ1) is 16.0. The molecule has 1 aliphatic rings. The minimum atomic E-state index is -0.0557. The molecule has 0 atom stereocenters. The van der Waals surface area contributed by atoms with E-state index < -0.39 is 0 Å². The second-order valence-electron chi connectivity index (χ2n) is 5.69. The molecule has 2 amide bonds. The Kier molecular flexibility index (Phi) is 5.48. The van der Waals surface area contributed by atoms with Crippen molar-refractivity contribution in [3.05, 3.63) is 29.6 Å². The van der Waals surface area contributed by atoms with Gasteiger partial charge in [0.25, 0.3) is 0 Å². The first-order chi connectivity index (χ1) is 10.6. The molecule has 6 heteroatoms. The topological polar surface area (TPSA) is 94.9 Å². The van der Waals surface area contributed by atoms with Crippen LogP contribution in [-0.2, 0) is 16.0 Å². The van der Waals surface area contributed by atoms with Crippen molar-refractivity contribution in [1.29, 1.82) is 5.26 Å². The molecule has 0 aromatic carbocycles. The van der Waals surface area contributed by atoms with Gasteiger partial charge in [0.05, 0.1) is 12.0 Å². The van der Waals surface area contributed by atoms with Crippen molar-refractivity contribution < 1.29 is 9.59 Å². The highest BCUT2D eigenvalue weighted by Gasteiger charge is 2.22. The molecule has 2 rings (SSSR count). The summed E-state index contributed by atoms with van der Waals surface area (Å²) in [6, 6.07) is 4.08. The quantitative estimate of drug-likeness (QED) is 0.869. The molecule has 0 bridgehead atoms. The fourth-order valence-electron chi connectivity index (χ4n) is 2.78. The highest BCUT2D eigenvalue weighted by molar-refractivity contribution is 5.78. The Morgan fingerprint density at radius 2 is 1.86 bits per heavy atom. The van der Waals surface area contributed by atoms with E-state index in [1.165, 1.54) is 13.1 Å². The summed E-state index contributed by atoms with van der Waals surface area (Å²) in [6.45, 7) is 1.53. The third-order valence-corrected chi connectivity index (χ3v) is 3.79. The molecule has 0 aliphatic heterocycles. The van der Waals surface area contributed by atoms with Crippen LogP contribution in [0.2, 0.25) is 0 Å². The van der Waals surface area contributed by atoms with Crippen LogP contribution in [-0.4, -0.2) is 28.9 Å². The van der Waals surface area contributed by atoms with Crippen molar-refractivity contribution >= 4 is 11.8 Å². The summed E-state index contributed by atoms with van der Waals surface area (Å²) in [5.41, 5.74) is 1.20. The average Bonchev–Trinajstić information content (AvgIpc) is 2.49. The van der Waals surface area contributed by atoms with E-state index in [-0.39, 0.29) is 30.3 Å². The van der Waals surface area contributed by atoms with E-state index in [1.54, 1.807) is 12.3 Å². The molecule has 22 heavy (non-hydrogen) atoms. The van der Waals surface area contributed by atoms with Crippen molar-refractivity contribution in [2.75, 3.05) is 0 Å². The fraction of sp³-hybridized carbons (Fsp3) is 0.500. The number of pyridine rings is 1. The van der Waals surface area contributed by atoms with Crippen LogP contribution in [0.3, 0.4) is 0 Å². The van der Waals surface area contributed by atoms with E-state index in [0.717, 1.165) is 31.2 Å². The molecule has 1 aliphatic carbocycles. The number of hydrogen-bond donors (Lipinski definition) is 2. The van der Waals surface area contributed by atoms with Gasteiger partial charge in [-0.15, -0.1) is 0 Å². The summed E-state index contributed by atoms with van der Waals surface area (Å²) < 4.78 is 0. The summed E-state index contributed by atoms with van der Waals surface area (Å²) in [7, 11) is 0. The summed E-state index contributed by atoms with van der Waals surface area (Å²) in [5.74, 6) is -0.0581. The molecule has 0 unspecified atom stereocenters. The Bertz CT molecular complexity index is 586. The smallest absolute Gasteiger partial charge is 0.224 e. The van der Waals surface area contributed by atoms with E-state index in [2.05, 4.69) is 15.6 Å². The van der Waals surface area contributed by atoms with Gasteiger partial charge in [-0.2, -0.15) is 5.26 Å². The molecule has 1 saturated carbocycles. The first-order valence-electron chi connectivity index (χ1n) is 7.47. The minimum Gasteiger partial charge on any atom is -0.354 e. The highest BCUT2D eigenvalue weighted by atomic mass is 16.2. The van der Waals surface area contributed by atoms with E-state index >= 15 is 0 Å². The Hall–Kier alpha value is -2.42. The SMILES string of the molecule is CC(=O)NC1CCC(NC(=O)Cc2cncc(C#N)c2)CC1. The van der Waals surface area contributed by atoms with E-state index in [1.807, 2.05) is 6.07 Å². The van der Waals surface area contributed by atoms with Gasteiger partial charge in [-0.3, -0.25) is 14.6 Å². The molecular formula is C16H20N4O2. The largest absolute Gasteiger partial charge is 0.354 e. The number of carbonyl (C=O) groups excluding carboxylic acids is 2. The van der Waals surface area contributed by atoms with Crippen molar-refractivity contribution in [3.8, 4) is 6.07 Å². The van der Waals surface area contributed by atoms with Crippen molar-refractivity contribution in [3.63, 3.8) is 0 Å². The Labute approximate surface area is 129 Å². The maximum absolute atomic E-state index is 12.0. The number of nitriles is 1. The van der Waals surface area contributed by atoms with Crippen LogP contribution in [0.15, 0.2) is 18.5 Å². The minimum absolute atomic E-state index is 0.00244. The first-order valence-corrected chi connectivity index (χ1v) is 7.47. The predicted molar refractivity (Wildman–Crippen MR) is 80.7 cm³/mol. The van der Waals surface area contributed by atoms with Gasteiger partial charge < -0.3 is 10.6 Å². The molecule has 6 nitrogen and oxygen atoms in total. The van der Waals surface area contributed by atoms with Crippen molar-refractivity contribution in [2.24, 2.45) is 0 Å². The maximum Gasteiger partial charge on any atom is 0.224 e. The lowest BCUT2D eigenvalue weighted by atomic mass is 9.91. The van der Waals surface area contributed by atoms with Gasteiger partial charge in [-0.25, -0.2) is 0 Å². The zero-order valence-corrected chi connectivity index (χ0v) is 12.6. The van der Waals surface area contributed by atoms with E-state index in [4.69, 9.17) is 5.26 Å². The number of aromatic nitrogens is 1. The summed E-state index contributed by atoms with van der Waals surface area (Å²) >= 11 is 0. The van der Waals surface area contributed by atoms with Crippen LogP contribution < -0.4 is 10.6 Å². The Morgan fingerprint density at radius 3 is 2.45 bits per heavy atom. The molecule has 1 aromatic heterocycles. The predicted octanol–water partition coefficient (Wildman–Crippen LogP) is 1.06. The number of hydrogen-bond acceptors (Lipinski definition) is 4. The molecule has 116 valence electrons. The number of amides is 2. The monoisotopic (exact) mass is 300 g/mol. The van der Waals surface area contributed by atoms with E-state index in [9.17, 15) is 9.59 Å². The summed E-state index contributed by atoms with van der Waals surface area (Å²) in [4.78, 5) is 27.0. The Balaban J connectivity index is 1.78. The molecule has 1 fully saturated rings. The van der Waals surface area contributed by atoms with Crippen molar-refractivity contribution in [1.82, 2.24) is 15.6 Å². The van der Waals surface area contributed by atoms with Crippen LogP contribution in [0.5, 0.6) is 0 Å². The molecule has 1 aromatic rings. The van der Waals surface area contributed by atoms with Gasteiger partial charge in [-0.05, 0) is 37.3 Å². The number of nitrogens with one attached hydrogen (secondary N) is 2. The normalized spacial score (nSPS) is 20.7. The molecule has 0 saturated heterocycles. The average molecular weight is 300 g/mol. The molecule has 0 radical (unpaired) electrons. The van der Waals surface area contributed by atoms with Gasteiger partial charge in [0.15, 0.2) is 0 Å². The van der Waals surface area contributed by atoms with Gasteiger partial charge in [0, 0.05) is 31.4 Å². The molecule has 2 N–H and O–H groups in total. The van der Waals surface area contributed by atoms with Crippen LogP contribution in [0.25, 0.3) is 0 Å². The number of carbonyl (C=O) groups is 2. The van der Waals surface area contributed by atoms with E-state index in [0.29, 0.717) is 5.56 Å². The summed E-state index contributed by atoms with van der Waals surface area (Å²) in [6.07, 6.45) is 6.82. The van der Waals surface area contributed by atoms with Crippen LogP contribution in [0, 0.1) is 11.3 Å².